The van der Waals surface area contributed by atoms with Gasteiger partial charge in [0.05, 0.1) is 30.7 Å². The Bertz CT molecular complexity index is 543. The van der Waals surface area contributed by atoms with Crippen LogP contribution in [0.25, 0.3) is 0 Å². The Morgan fingerprint density at radius 2 is 2.14 bits per heavy atom. The number of carboxylic acids is 1. The van der Waals surface area contributed by atoms with Crippen molar-refractivity contribution in [3.8, 4) is 0 Å². The van der Waals surface area contributed by atoms with E-state index in [4.69, 9.17) is 15.6 Å². The topological polar surface area (TPSA) is 118 Å². The number of morpholine rings is 1. The summed E-state index contributed by atoms with van der Waals surface area (Å²) in [6.07, 6.45) is 1.26. The van der Waals surface area contributed by atoms with Crippen LogP contribution < -0.4 is 11.1 Å². The second-order valence-electron chi connectivity index (χ2n) is 4.77. The molecule has 114 valence electrons. The molecule has 21 heavy (non-hydrogen) atoms. The molecule has 8 nitrogen and oxygen atoms in total. The molecular weight excluding hydrogens is 276 g/mol. The summed E-state index contributed by atoms with van der Waals surface area (Å²) in [7, 11) is 0. The van der Waals surface area contributed by atoms with Gasteiger partial charge in [-0.2, -0.15) is 0 Å². The van der Waals surface area contributed by atoms with Crippen LogP contribution in [0.5, 0.6) is 0 Å². The number of carbonyl (C=O) groups is 2. The molecule has 1 unspecified atom stereocenters. The van der Waals surface area contributed by atoms with Crippen LogP contribution in [0.3, 0.4) is 0 Å². The minimum Gasteiger partial charge on any atom is -0.478 e. The fraction of sp³-hybridized carbons (Fsp3) is 0.462. The molecule has 1 fully saturated rings. The number of nitrogens with zero attached hydrogens (tertiary/aromatic N) is 2. The summed E-state index contributed by atoms with van der Waals surface area (Å²) >= 11 is 0. The molecule has 2 rings (SSSR count). The minimum atomic E-state index is -1.13. The molecule has 0 spiro atoms. The lowest BCUT2D eigenvalue weighted by molar-refractivity contribution is -0.135. The molecule has 1 aromatic heterocycles. The van der Waals surface area contributed by atoms with Crippen LogP contribution in [0.1, 0.15) is 17.3 Å². The zero-order chi connectivity index (χ0) is 15.4. The van der Waals surface area contributed by atoms with Gasteiger partial charge in [0.15, 0.2) is 0 Å². The van der Waals surface area contributed by atoms with Crippen LogP contribution >= 0.6 is 0 Å². The average molecular weight is 294 g/mol. The predicted molar refractivity (Wildman–Crippen MR) is 76.1 cm³/mol. The van der Waals surface area contributed by atoms with Crippen molar-refractivity contribution in [2.45, 2.75) is 13.0 Å². The molecule has 1 saturated heterocycles. The summed E-state index contributed by atoms with van der Waals surface area (Å²) in [5.74, 6) is -0.908. The normalized spacial score (nSPS) is 16.3. The Labute approximate surface area is 121 Å². The molecule has 1 aliphatic heterocycles. The number of nitrogens with one attached hydrogen (secondary N) is 1. The molecular formula is C13H18N4O4. The number of nitrogens with two attached hydrogens (primary N) is 1. The molecule has 0 aromatic carbocycles. The Morgan fingerprint density at radius 1 is 1.48 bits per heavy atom. The van der Waals surface area contributed by atoms with Gasteiger partial charge in [-0.3, -0.25) is 4.79 Å². The highest BCUT2D eigenvalue weighted by Gasteiger charge is 2.23. The van der Waals surface area contributed by atoms with Crippen molar-refractivity contribution in [3.63, 3.8) is 0 Å². The van der Waals surface area contributed by atoms with Gasteiger partial charge in [-0.25, -0.2) is 9.78 Å². The van der Waals surface area contributed by atoms with E-state index in [1.54, 1.807) is 11.8 Å². The van der Waals surface area contributed by atoms with E-state index in [0.717, 1.165) is 0 Å². The van der Waals surface area contributed by atoms with Crippen LogP contribution in [-0.4, -0.2) is 59.2 Å². The van der Waals surface area contributed by atoms with Gasteiger partial charge < -0.3 is 25.8 Å². The molecule has 1 atom stereocenters. The largest absolute Gasteiger partial charge is 0.478 e. The molecule has 1 aliphatic rings. The van der Waals surface area contributed by atoms with Crippen molar-refractivity contribution in [1.82, 2.24) is 9.88 Å². The maximum absolute atomic E-state index is 12.2. The van der Waals surface area contributed by atoms with Crippen molar-refractivity contribution < 1.29 is 19.4 Å². The standard InChI is InChI=1S/C13H18N4O4/c1-8(12(18)17-2-4-21-5-3-17)16-11-6-9(13(19)20)10(14)7-15-11/h6-8H,2-5,14H2,1H3,(H,15,16)(H,19,20). The number of nitrogen functional groups attached to an aromatic ring is 1. The second-order valence-corrected chi connectivity index (χ2v) is 4.77. The highest BCUT2D eigenvalue weighted by atomic mass is 16.5. The molecule has 0 bridgehead atoms. The van der Waals surface area contributed by atoms with Crippen molar-refractivity contribution in [3.05, 3.63) is 17.8 Å². The molecule has 1 aromatic rings. The highest BCUT2D eigenvalue weighted by molar-refractivity contribution is 5.94. The first-order valence-corrected chi connectivity index (χ1v) is 6.61. The van der Waals surface area contributed by atoms with Crippen LogP contribution in [0.15, 0.2) is 12.3 Å². The third kappa shape index (κ3) is 3.60. The summed E-state index contributed by atoms with van der Waals surface area (Å²) in [5, 5.41) is 11.9. The number of rotatable bonds is 4. The number of carbonyl (C=O) groups excluding carboxylic acids is 1. The van der Waals surface area contributed by atoms with E-state index < -0.39 is 12.0 Å². The number of ether oxygens (including phenoxy) is 1. The van der Waals surface area contributed by atoms with E-state index in [-0.39, 0.29) is 17.2 Å². The zero-order valence-electron chi connectivity index (χ0n) is 11.7. The lowest BCUT2D eigenvalue weighted by atomic mass is 10.2. The molecule has 1 amide bonds. The van der Waals surface area contributed by atoms with E-state index in [9.17, 15) is 9.59 Å². The SMILES string of the molecule is CC(Nc1cc(C(=O)O)c(N)cn1)C(=O)N1CCOCC1. The Hall–Kier alpha value is -2.35. The zero-order valence-corrected chi connectivity index (χ0v) is 11.7. The maximum Gasteiger partial charge on any atom is 0.337 e. The van der Waals surface area contributed by atoms with Crippen LogP contribution in [-0.2, 0) is 9.53 Å². The van der Waals surface area contributed by atoms with Gasteiger partial charge in [0.2, 0.25) is 5.91 Å². The van der Waals surface area contributed by atoms with Gasteiger partial charge in [0, 0.05) is 13.1 Å². The summed E-state index contributed by atoms with van der Waals surface area (Å²) in [4.78, 5) is 28.9. The lowest BCUT2D eigenvalue weighted by Gasteiger charge is -2.29. The number of hydrogen-bond acceptors (Lipinski definition) is 6. The van der Waals surface area contributed by atoms with Gasteiger partial charge in [-0.15, -0.1) is 0 Å². The third-order valence-corrected chi connectivity index (χ3v) is 3.22. The van der Waals surface area contributed by atoms with Crippen LogP contribution in [0.2, 0.25) is 0 Å². The molecule has 0 aliphatic carbocycles. The molecule has 2 heterocycles. The summed E-state index contributed by atoms with van der Waals surface area (Å²) in [6.45, 7) is 3.88. The Balaban J connectivity index is 2.05. The Morgan fingerprint density at radius 3 is 2.76 bits per heavy atom. The van der Waals surface area contributed by atoms with E-state index in [0.29, 0.717) is 32.1 Å². The molecule has 4 N–H and O–H groups in total. The number of anilines is 2. The van der Waals surface area contributed by atoms with Gasteiger partial charge >= 0.3 is 5.97 Å². The van der Waals surface area contributed by atoms with Crippen molar-refractivity contribution in [2.24, 2.45) is 0 Å². The van der Waals surface area contributed by atoms with E-state index >= 15 is 0 Å². The van der Waals surface area contributed by atoms with Crippen molar-refractivity contribution in [1.29, 1.82) is 0 Å². The number of aromatic nitrogens is 1. The van der Waals surface area contributed by atoms with Crippen LogP contribution in [0, 0.1) is 0 Å². The van der Waals surface area contributed by atoms with Gasteiger partial charge in [-0.05, 0) is 13.0 Å². The summed E-state index contributed by atoms with van der Waals surface area (Å²) in [6, 6.07) is 0.807. The molecule has 8 heteroatoms. The van der Waals surface area contributed by atoms with Gasteiger partial charge in [-0.1, -0.05) is 0 Å². The average Bonchev–Trinajstić information content (AvgIpc) is 2.49. The fourth-order valence-corrected chi connectivity index (χ4v) is 2.07. The smallest absolute Gasteiger partial charge is 0.337 e. The first-order chi connectivity index (χ1) is 9.99. The maximum atomic E-state index is 12.2. The molecule has 0 radical (unpaired) electrons. The van der Waals surface area contributed by atoms with Gasteiger partial charge in [0.25, 0.3) is 0 Å². The van der Waals surface area contributed by atoms with E-state index in [2.05, 4.69) is 10.3 Å². The summed E-state index contributed by atoms with van der Waals surface area (Å²) < 4.78 is 5.20. The number of amides is 1. The molecule has 0 saturated carbocycles. The quantitative estimate of drug-likeness (QED) is 0.716. The van der Waals surface area contributed by atoms with Gasteiger partial charge in [0.1, 0.15) is 11.9 Å². The van der Waals surface area contributed by atoms with E-state index in [1.807, 2.05) is 0 Å². The highest BCUT2D eigenvalue weighted by Crippen LogP contribution is 2.16. The van der Waals surface area contributed by atoms with E-state index in [1.165, 1.54) is 12.3 Å². The number of carboxylic acid groups (broad SMARTS) is 1. The van der Waals surface area contributed by atoms with Crippen molar-refractivity contribution in [2.75, 3.05) is 37.4 Å². The van der Waals surface area contributed by atoms with Crippen molar-refractivity contribution >= 4 is 23.4 Å². The predicted octanol–water partition coefficient (Wildman–Crippen LogP) is 0.0212. The first-order valence-electron chi connectivity index (χ1n) is 6.61. The third-order valence-electron chi connectivity index (χ3n) is 3.22. The summed E-state index contributed by atoms with van der Waals surface area (Å²) in [5.41, 5.74) is 5.58. The number of hydrogen-bond donors (Lipinski definition) is 3. The van der Waals surface area contributed by atoms with Crippen LogP contribution in [0.4, 0.5) is 11.5 Å². The monoisotopic (exact) mass is 294 g/mol. The number of aromatic carboxylic acids is 1. The number of pyridine rings is 1. The Kier molecular flexibility index (Phi) is 4.59. The first kappa shape index (κ1) is 15.0. The lowest BCUT2D eigenvalue weighted by Crippen LogP contribution is -2.47. The fourth-order valence-electron chi connectivity index (χ4n) is 2.07. The minimum absolute atomic E-state index is 0.0430. The second kappa shape index (κ2) is 6.40.